The number of nitro benzene ring substituents is 1. The van der Waals surface area contributed by atoms with Gasteiger partial charge >= 0.3 is 0 Å². The predicted octanol–water partition coefficient (Wildman–Crippen LogP) is 1.93. The molecule has 2 fully saturated rings. The van der Waals surface area contributed by atoms with E-state index in [2.05, 4.69) is 20.1 Å². The summed E-state index contributed by atoms with van der Waals surface area (Å²) in [5.41, 5.74) is 1.05. The van der Waals surface area contributed by atoms with Gasteiger partial charge in [-0.2, -0.15) is 0 Å². The fourth-order valence-corrected chi connectivity index (χ4v) is 3.66. The number of hydrogen-bond donors (Lipinski definition) is 1. The molecule has 4 rings (SSSR count). The van der Waals surface area contributed by atoms with E-state index in [-0.39, 0.29) is 22.6 Å². The van der Waals surface area contributed by atoms with E-state index in [1.165, 1.54) is 0 Å². The predicted molar refractivity (Wildman–Crippen MR) is 103 cm³/mol. The number of hydrogen-bond acceptors (Lipinski definition) is 6. The van der Waals surface area contributed by atoms with Gasteiger partial charge in [0.15, 0.2) is 0 Å². The largest absolute Gasteiger partial charge is 0.368 e. The molecule has 1 atom stereocenters. The SMILES string of the molecule is CC(C(=O)NC1CC1)N1CCN(c2ccc([N+](=O)[O-])c3cnccc23)CC1. The molecule has 8 nitrogen and oxygen atoms in total. The molecule has 0 spiro atoms. The van der Waals surface area contributed by atoms with Gasteiger partial charge in [0.1, 0.15) is 0 Å². The van der Waals surface area contributed by atoms with Crippen molar-refractivity contribution in [1.82, 2.24) is 15.2 Å². The lowest BCUT2D eigenvalue weighted by Crippen LogP contribution is -2.54. The van der Waals surface area contributed by atoms with Gasteiger partial charge in [-0.1, -0.05) is 0 Å². The number of nitro groups is 1. The fourth-order valence-electron chi connectivity index (χ4n) is 3.66. The molecule has 1 aromatic heterocycles. The molecule has 2 aliphatic rings. The zero-order valence-corrected chi connectivity index (χ0v) is 15.3. The number of benzene rings is 1. The Kier molecular flexibility index (Phi) is 4.65. The Labute approximate surface area is 157 Å². The summed E-state index contributed by atoms with van der Waals surface area (Å²) in [4.78, 5) is 31.7. The van der Waals surface area contributed by atoms with E-state index in [1.807, 2.05) is 19.1 Å². The normalized spacial score (nSPS) is 19.1. The molecule has 1 saturated heterocycles. The minimum atomic E-state index is -0.369. The first-order valence-corrected chi connectivity index (χ1v) is 9.35. The van der Waals surface area contributed by atoms with E-state index in [0.717, 1.165) is 50.1 Å². The summed E-state index contributed by atoms with van der Waals surface area (Å²) < 4.78 is 0. The van der Waals surface area contributed by atoms with Crippen molar-refractivity contribution >= 4 is 28.1 Å². The third kappa shape index (κ3) is 3.57. The maximum atomic E-state index is 12.3. The molecule has 1 saturated carbocycles. The topological polar surface area (TPSA) is 91.6 Å². The Bertz CT molecular complexity index is 875. The number of carbonyl (C=O) groups excluding carboxylic acids is 1. The first kappa shape index (κ1) is 17.7. The van der Waals surface area contributed by atoms with Gasteiger partial charge in [-0.15, -0.1) is 0 Å². The number of non-ortho nitro benzene ring substituents is 1. The summed E-state index contributed by atoms with van der Waals surface area (Å²) in [5.74, 6) is 0.109. The zero-order chi connectivity index (χ0) is 19.0. The van der Waals surface area contributed by atoms with Crippen molar-refractivity contribution in [3.05, 3.63) is 40.7 Å². The summed E-state index contributed by atoms with van der Waals surface area (Å²) in [6.45, 7) is 5.07. The number of amides is 1. The van der Waals surface area contributed by atoms with Gasteiger partial charge in [-0.25, -0.2) is 0 Å². The third-order valence-corrected chi connectivity index (χ3v) is 5.47. The number of piperazine rings is 1. The van der Waals surface area contributed by atoms with E-state index in [9.17, 15) is 14.9 Å². The fraction of sp³-hybridized carbons (Fsp3) is 0.474. The van der Waals surface area contributed by atoms with Gasteiger partial charge in [-0.3, -0.25) is 24.8 Å². The highest BCUT2D eigenvalue weighted by molar-refractivity contribution is 5.99. The van der Waals surface area contributed by atoms with Crippen molar-refractivity contribution in [3.63, 3.8) is 0 Å². The second-order valence-corrected chi connectivity index (χ2v) is 7.26. The number of nitrogens with zero attached hydrogens (tertiary/aromatic N) is 4. The maximum absolute atomic E-state index is 12.3. The van der Waals surface area contributed by atoms with Crippen LogP contribution in [0.3, 0.4) is 0 Å². The monoisotopic (exact) mass is 369 g/mol. The van der Waals surface area contributed by atoms with Gasteiger partial charge in [-0.05, 0) is 31.9 Å². The Balaban J connectivity index is 1.49. The molecule has 0 bridgehead atoms. The molecule has 1 unspecified atom stereocenters. The van der Waals surface area contributed by atoms with Crippen molar-refractivity contribution < 1.29 is 9.72 Å². The van der Waals surface area contributed by atoms with Crippen LogP contribution < -0.4 is 10.2 Å². The molecule has 1 N–H and O–H groups in total. The lowest BCUT2D eigenvalue weighted by molar-refractivity contribution is -0.383. The Hall–Kier alpha value is -2.74. The number of nitrogens with one attached hydrogen (secondary N) is 1. The summed E-state index contributed by atoms with van der Waals surface area (Å²) in [5, 5.41) is 15.7. The van der Waals surface area contributed by atoms with Crippen LogP contribution in [-0.4, -0.2) is 59.0 Å². The lowest BCUT2D eigenvalue weighted by Gasteiger charge is -2.38. The Morgan fingerprint density at radius 3 is 2.63 bits per heavy atom. The van der Waals surface area contributed by atoms with Crippen LogP contribution in [0.25, 0.3) is 10.8 Å². The minimum absolute atomic E-state index is 0.0749. The number of pyridine rings is 1. The number of rotatable bonds is 5. The molecule has 8 heteroatoms. The van der Waals surface area contributed by atoms with Crippen LogP contribution in [0.5, 0.6) is 0 Å². The van der Waals surface area contributed by atoms with Crippen LogP contribution in [0.4, 0.5) is 11.4 Å². The van der Waals surface area contributed by atoms with Crippen molar-refractivity contribution in [2.75, 3.05) is 31.1 Å². The minimum Gasteiger partial charge on any atom is -0.368 e. The van der Waals surface area contributed by atoms with Crippen LogP contribution in [0, 0.1) is 10.1 Å². The van der Waals surface area contributed by atoms with Gasteiger partial charge in [0.05, 0.1) is 16.4 Å². The Morgan fingerprint density at radius 2 is 1.96 bits per heavy atom. The first-order valence-electron chi connectivity index (χ1n) is 9.35. The zero-order valence-electron chi connectivity index (χ0n) is 15.3. The van der Waals surface area contributed by atoms with Crippen LogP contribution in [0.2, 0.25) is 0 Å². The van der Waals surface area contributed by atoms with Gasteiger partial charge in [0.25, 0.3) is 5.69 Å². The lowest BCUT2D eigenvalue weighted by atomic mass is 10.1. The molecular formula is C19H23N5O3. The van der Waals surface area contributed by atoms with Gasteiger partial charge in [0, 0.05) is 61.8 Å². The van der Waals surface area contributed by atoms with Crippen LogP contribution >= 0.6 is 0 Å². The molecule has 2 aromatic rings. The number of carbonyl (C=O) groups is 1. The smallest absolute Gasteiger partial charge is 0.278 e. The van der Waals surface area contributed by atoms with E-state index >= 15 is 0 Å². The number of aromatic nitrogens is 1. The summed E-state index contributed by atoms with van der Waals surface area (Å²) >= 11 is 0. The number of fused-ring (bicyclic) bond motifs is 1. The molecule has 0 radical (unpaired) electrons. The van der Waals surface area contributed by atoms with E-state index < -0.39 is 0 Å². The highest BCUT2D eigenvalue weighted by atomic mass is 16.6. The second kappa shape index (κ2) is 7.11. The van der Waals surface area contributed by atoms with E-state index in [4.69, 9.17) is 0 Å². The standard InChI is InChI=1S/C19H23N5O3/c1-13(19(25)21-14-2-3-14)22-8-10-23(11-9-22)17-4-5-18(24(26)27)16-12-20-7-6-15(16)17/h4-7,12-14H,2-3,8-11H2,1H3,(H,21,25). The van der Waals surface area contributed by atoms with Gasteiger partial charge in [0.2, 0.25) is 5.91 Å². The quantitative estimate of drug-likeness (QED) is 0.640. The molecule has 2 heterocycles. The van der Waals surface area contributed by atoms with Gasteiger partial charge < -0.3 is 10.2 Å². The molecule has 27 heavy (non-hydrogen) atoms. The highest BCUT2D eigenvalue weighted by Crippen LogP contribution is 2.33. The average molecular weight is 369 g/mol. The van der Waals surface area contributed by atoms with E-state index in [1.54, 1.807) is 18.5 Å². The molecule has 142 valence electrons. The molecule has 1 amide bonds. The highest BCUT2D eigenvalue weighted by Gasteiger charge is 2.30. The molecular weight excluding hydrogens is 346 g/mol. The molecule has 1 aromatic carbocycles. The molecule has 1 aliphatic carbocycles. The maximum Gasteiger partial charge on any atom is 0.278 e. The van der Waals surface area contributed by atoms with Crippen molar-refractivity contribution in [1.29, 1.82) is 0 Å². The van der Waals surface area contributed by atoms with E-state index in [0.29, 0.717) is 11.4 Å². The third-order valence-electron chi connectivity index (χ3n) is 5.47. The van der Waals surface area contributed by atoms with Crippen molar-refractivity contribution in [3.8, 4) is 0 Å². The Morgan fingerprint density at radius 1 is 1.22 bits per heavy atom. The average Bonchev–Trinajstić information content (AvgIpc) is 3.50. The van der Waals surface area contributed by atoms with Crippen molar-refractivity contribution in [2.24, 2.45) is 0 Å². The van der Waals surface area contributed by atoms with Crippen molar-refractivity contribution in [2.45, 2.75) is 31.8 Å². The summed E-state index contributed by atoms with van der Waals surface area (Å²) in [7, 11) is 0. The second-order valence-electron chi connectivity index (χ2n) is 7.26. The van der Waals surface area contributed by atoms with Crippen LogP contribution in [0.15, 0.2) is 30.6 Å². The van der Waals surface area contributed by atoms with Crippen LogP contribution in [-0.2, 0) is 4.79 Å². The number of anilines is 1. The van der Waals surface area contributed by atoms with Crippen LogP contribution in [0.1, 0.15) is 19.8 Å². The summed E-state index contributed by atoms with van der Waals surface area (Å²) in [6, 6.07) is 5.44. The molecule has 1 aliphatic heterocycles. The summed E-state index contributed by atoms with van der Waals surface area (Å²) in [6.07, 6.45) is 5.40. The first-order chi connectivity index (χ1) is 13.0.